The van der Waals surface area contributed by atoms with Crippen LogP contribution in [0.1, 0.15) is 25.3 Å². The number of likely N-dealkylation sites (tertiary alicyclic amines) is 1. The summed E-state index contributed by atoms with van der Waals surface area (Å²) in [5.41, 5.74) is 0.402. The van der Waals surface area contributed by atoms with E-state index in [-0.39, 0.29) is 12.5 Å². The molecule has 1 aromatic carbocycles. The highest BCUT2D eigenvalue weighted by molar-refractivity contribution is 5.78. The smallest absolute Gasteiger partial charge is 0.236 e. The molecule has 1 amide bonds. The molecule has 0 aromatic heterocycles. The third-order valence-electron chi connectivity index (χ3n) is 3.87. The number of nitrogens with zero attached hydrogens (tertiary/aromatic N) is 2. The van der Waals surface area contributed by atoms with Gasteiger partial charge in [0.05, 0.1) is 6.54 Å². The molecule has 116 valence electrons. The van der Waals surface area contributed by atoms with Crippen LogP contribution in [0.2, 0.25) is 0 Å². The molecule has 1 saturated heterocycles. The second kappa shape index (κ2) is 6.98. The maximum atomic E-state index is 13.6. The first-order chi connectivity index (χ1) is 9.95. The monoisotopic (exact) mass is 296 g/mol. The second-order valence-corrected chi connectivity index (χ2v) is 6.00. The van der Waals surface area contributed by atoms with E-state index in [0.717, 1.165) is 25.6 Å². The molecule has 0 bridgehead atoms. The Morgan fingerprint density at radius 3 is 2.86 bits per heavy atom. The van der Waals surface area contributed by atoms with Gasteiger partial charge in [-0.1, -0.05) is 13.0 Å². The molecule has 0 spiro atoms. The average molecular weight is 296 g/mol. The Morgan fingerprint density at radius 1 is 1.43 bits per heavy atom. The molecular weight excluding hydrogens is 274 g/mol. The summed E-state index contributed by atoms with van der Waals surface area (Å²) in [7, 11) is 1.77. The van der Waals surface area contributed by atoms with Crippen molar-refractivity contribution in [3.05, 3.63) is 35.4 Å². The molecule has 3 nitrogen and oxygen atoms in total. The van der Waals surface area contributed by atoms with Gasteiger partial charge >= 0.3 is 0 Å². The second-order valence-electron chi connectivity index (χ2n) is 6.00. The van der Waals surface area contributed by atoms with Gasteiger partial charge in [-0.3, -0.25) is 9.69 Å². The summed E-state index contributed by atoms with van der Waals surface area (Å²) in [6.45, 7) is 4.31. The number of halogens is 2. The Bertz CT molecular complexity index is 507. The minimum atomic E-state index is -0.586. The SMILES string of the molecule is CC1CCCN(C(=O)CN(C)Cc2ccc(F)cc2F)C1. The summed E-state index contributed by atoms with van der Waals surface area (Å²) < 4.78 is 26.5. The van der Waals surface area contributed by atoms with E-state index in [0.29, 0.717) is 18.0 Å². The largest absolute Gasteiger partial charge is 0.341 e. The topological polar surface area (TPSA) is 23.6 Å². The molecule has 2 rings (SSSR count). The van der Waals surface area contributed by atoms with Gasteiger partial charge in [0.1, 0.15) is 11.6 Å². The molecule has 21 heavy (non-hydrogen) atoms. The Hall–Kier alpha value is -1.49. The highest BCUT2D eigenvalue weighted by atomic mass is 19.1. The van der Waals surface area contributed by atoms with Crippen molar-refractivity contribution >= 4 is 5.91 Å². The van der Waals surface area contributed by atoms with Gasteiger partial charge in [-0.25, -0.2) is 8.78 Å². The van der Waals surface area contributed by atoms with Crippen LogP contribution in [0.25, 0.3) is 0 Å². The van der Waals surface area contributed by atoms with E-state index in [1.54, 1.807) is 11.9 Å². The molecule has 0 N–H and O–H groups in total. The van der Waals surface area contributed by atoms with E-state index in [4.69, 9.17) is 0 Å². The zero-order valence-electron chi connectivity index (χ0n) is 12.6. The fourth-order valence-electron chi connectivity index (χ4n) is 2.74. The van der Waals surface area contributed by atoms with E-state index in [9.17, 15) is 13.6 Å². The number of rotatable bonds is 4. The van der Waals surface area contributed by atoms with Crippen LogP contribution in [-0.4, -0.2) is 42.4 Å². The summed E-state index contributed by atoms with van der Waals surface area (Å²) in [5, 5.41) is 0. The lowest BCUT2D eigenvalue weighted by Crippen LogP contribution is -2.43. The number of carbonyl (C=O) groups excluding carboxylic acids is 1. The Labute approximate surface area is 124 Å². The van der Waals surface area contributed by atoms with Crippen LogP contribution in [0.5, 0.6) is 0 Å². The van der Waals surface area contributed by atoms with Gasteiger partial charge in [0.25, 0.3) is 0 Å². The van der Waals surface area contributed by atoms with Crippen molar-refractivity contribution < 1.29 is 13.6 Å². The van der Waals surface area contributed by atoms with Crippen molar-refractivity contribution in [2.45, 2.75) is 26.3 Å². The van der Waals surface area contributed by atoms with Crippen LogP contribution < -0.4 is 0 Å². The standard InChI is InChI=1S/C16H22F2N2O/c1-12-4-3-7-20(9-12)16(21)11-19(2)10-13-5-6-14(17)8-15(13)18/h5-6,8,12H,3-4,7,9-11H2,1-2H3. The lowest BCUT2D eigenvalue weighted by atomic mass is 10.0. The zero-order valence-corrected chi connectivity index (χ0v) is 12.6. The highest BCUT2D eigenvalue weighted by Crippen LogP contribution is 2.16. The Balaban J connectivity index is 1.88. The highest BCUT2D eigenvalue weighted by Gasteiger charge is 2.21. The minimum absolute atomic E-state index is 0.0755. The molecular formula is C16H22F2N2O. The van der Waals surface area contributed by atoms with Crippen molar-refractivity contribution in [3.8, 4) is 0 Å². The van der Waals surface area contributed by atoms with E-state index < -0.39 is 11.6 Å². The summed E-state index contributed by atoms with van der Waals surface area (Å²) in [4.78, 5) is 15.9. The van der Waals surface area contributed by atoms with Crippen LogP contribution >= 0.6 is 0 Å². The summed E-state index contributed by atoms with van der Waals surface area (Å²) in [6.07, 6.45) is 2.21. The first kappa shape index (κ1) is 15.9. The average Bonchev–Trinajstić information content (AvgIpc) is 2.42. The van der Waals surface area contributed by atoms with Gasteiger partial charge in [0.15, 0.2) is 0 Å². The van der Waals surface area contributed by atoms with Gasteiger partial charge in [-0.15, -0.1) is 0 Å². The molecule has 5 heteroatoms. The molecule has 1 atom stereocenters. The fraction of sp³-hybridized carbons (Fsp3) is 0.562. The summed E-state index contributed by atoms with van der Waals surface area (Å²) >= 11 is 0. The number of carbonyl (C=O) groups is 1. The van der Waals surface area contributed by atoms with Crippen molar-refractivity contribution in [2.75, 3.05) is 26.7 Å². The van der Waals surface area contributed by atoms with Gasteiger partial charge in [0, 0.05) is 31.3 Å². The molecule has 1 heterocycles. The molecule has 1 aliphatic heterocycles. The lowest BCUT2D eigenvalue weighted by molar-refractivity contribution is -0.133. The third-order valence-corrected chi connectivity index (χ3v) is 3.87. The molecule has 1 unspecified atom stereocenters. The van der Waals surface area contributed by atoms with Gasteiger partial charge in [-0.05, 0) is 31.9 Å². The molecule has 0 radical (unpaired) electrons. The molecule has 0 aliphatic carbocycles. The number of hydrogen-bond acceptors (Lipinski definition) is 2. The normalized spacial score (nSPS) is 19.1. The fourth-order valence-corrected chi connectivity index (χ4v) is 2.74. The first-order valence-electron chi connectivity index (χ1n) is 7.36. The zero-order chi connectivity index (χ0) is 15.4. The van der Waals surface area contributed by atoms with Crippen LogP contribution in [0.15, 0.2) is 18.2 Å². The third kappa shape index (κ3) is 4.49. The number of benzene rings is 1. The molecule has 0 saturated carbocycles. The van der Waals surface area contributed by atoms with Crippen molar-refractivity contribution in [3.63, 3.8) is 0 Å². The van der Waals surface area contributed by atoms with E-state index in [2.05, 4.69) is 6.92 Å². The molecule has 1 fully saturated rings. The Morgan fingerprint density at radius 2 is 2.19 bits per heavy atom. The van der Waals surface area contributed by atoms with E-state index in [1.807, 2.05) is 4.90 Å². The lowest BCUT2D eigenvalue weighted by Gasteiger charge is -2.32. The van der Waals surface area contributed by atoms with Crippen LogP contribution in [0, 0.1) is 17.6 Å². The molecule has 1 aliphatic rings. The van der Waals surface area contributed by atoms with Crippen molar-refractivity contribution in [1.29, 1.82) is 0 Å². The first-order valence-corrected chi connectivity index (χ1v) is 7.36. The number of likely N-dealkylation sites (N-methyl/N-ethyl adjacent to an activating group) is 1. The number of hydrogen-bond donors (Lipinski definition) is 0. The predicted molar refractivity (Wildman–Crippen MR) is 77.7 cm³/mol. The molecule has 1 aromatic rings. The number of amides is 1. The maximum absolute atomic E-state index is 13.6. The number of piperidine rings is 1. The summed E-state index contributed by atoms with van der Waals surface area (Å²) in [6, 6.07) is 3.53. The van der Waals surface area contributed by atoms with Gasteiger partial charge in [0.2, 0.25) is 5.91 Å². The quantitative estimate of drug-likeness (QED) is 0.853. The van der Waals surface area contributed by atoms with E-state index >= 15 is 0 Å². The summed E-state index contributed by atoms with van der Waals surface area (Å²) in [5.74, 6) is -0.535. The van der Waals surface area contributed by atoms with Crippen molar-refractivity contribution in [2.24, 2.45) is 5.92 Å². The van der Waals surface area contributed by atoms with Crippen LogP contribution in [0.4, 0.5) is 8.78 Å². The van der Waals surface area contributed by atoms with Crippen LogP contribution in [0.3, 0.4) is 0 Å². The van der Waals surface area contributed by atoms with Gasteiger partial charge in [-0.2, -0.15) is 0 Å². The van der Waals surface area contributed by atoms with Crippen LogP contribution in [-0.2, 0) is 11.3 Å². The van der Waals surface area contributed by atoms with E-state index in [1.165, 1.54) is 18.6 Å². The maximum Gasteiger partial charge on any atom is 0.236 e. The Kier molecular flexibility index (Phi) is 5.28. The predicted octanol–water partition coefficient (Wildman–Crippen LogP) is 2.66. The van der Waals surface area contributed by atoms with Gasteiger partial charge < -0.3 is 4.90 Å². The minimum Gasteiger partial charge on any atom is -0.341 e. The van der Waals surface area contributed by atoms with Crippen molar-refractivity contribution in [1.82, 2.24) is 9.80 Å².